The predicted molar refractivity (Wildman–Crippen MR) is 1070 cm³/mol. The third-order valence-electron chi connectivity index (χ3n) is 2.98. The molecule has 0 aromatic rings. The van der Waals surface area contributed by atoms with Crippen molar-refractivity contribution in [1.29, 1.82) is 0 Å². The first-order valence-electron chi connectivity index (χ1n) is 10.9. The number of hydrogen-bond acceptors (Lipinski definition) is 0. The van der Waals surface area contributed by atoms with Gasteiger partial charge in [0.05, 0.1) is 0 Å². The van der Waals surface area contributed by atoms with Crippen LogP contribution in [0.4, 0.5) is 0 Å². The second-order valence-corrected chi connectivity index (χ2v) is 1830. The predicted octanol–water partition coefficient (Wildman–Crippen LogP) is 64.3. The molecule has 0 atom stereocenters. The molecular formula is I77-. The summed E-state index contributed by atoms with van der Waals surface area (Å²) in [5.41, 5.74) is 0. The van der Waals surface area contributed by atoms with E-state index in [9.17, 15) is 0 Å². The van der Waals surface area contributed by atoms with Crippen LogP contribution in [0, 0.1) is 0 Å². The fraction of sp³-hybridized carbons (Fsp3) is 0. The molecule has 0 N–H and O–H groups in total. The van der Waals surface area contributed by atoms with E-state index >= 15 is 0 Å². The molecule has 0 unspecified atom stereocenters. The molecule has 77 heteroatoms. The van der Waals surface area contributed by atoms with Gasteiger partial charge in [0.15, 0.2) is 0 Å². The first-order valence-corrected chi connectivity index (χ1v) is 489. The van der Waals surface area contributed by atoms with Gasteiger partial charge in [0.1, 0.15) is 0 Å². The minimum atomic E-state index is -0.633. The molecule has 0 aliphatic carbocycles. The van der Waals surface area contributed by atoms with Crippen molar-refractivity contribution >= 4 is 1020 Å². The number of halogens is 77. The molecular weight excluding hydrogens is 9770 g/mol. The molecule has 0 nitrogen and oxygen atoms in total. The Kier molecular flexibility index (Phi) is 139. The summed E-state index contributed by atoms with van der Waals surface area (Å²) in [5, 5.41) is 0. The summed E-state index contributed by atoms with van der Waals surface area (Å²) in [5.74, 6) is 0. The Balaban J connectivity index is 5.79. The Morgan fingerprint density at radius 2 is 0.195 bits per heavy atom. The topological polar surface area (TPSA) is 0 Å². The first kappa shape index (κ1) is 133. The van der Waals surface area contributed by atoms with E-state index in [4.69, 9.17) is 0 Å². The number of hydrogen-bond donors (Lipinski definition) is 0. The van der Waals surface area contributed by atoms with Gasteiger partial charge in [-0.3, -0.25) is 0 Å². The molecule has 0 aromatic carbocycles. The number of rotatable bonds is 37. The van der Waals surface area contributed by atoms with Gasteiger partial charge in [-0.1, -0.05) is 0 Å². The average Bonchev–Trinajstić information content (AvgIpc) is 3.43. The van der Waals surface area contributed by atoms with Crippen LogP contribution in [-0.2, 0) is 0 Å². The van der Waals surface area contributed by atoms with Crippen LogP contribution in [0.1, 0.15) is 0 Å². The zero-order valence-electron chi connectivity index (χ0n) is 29.1. The van der Waals surface area contributed by atoms with Crippen LogP contribution < -0.4 is 13.3 Å². The summed E-state index contributed by atoms with van der Waals surface area (Å²) >= 11 is 131. The van der Waals surface area contributed by atoms with Gasteiger partial charge in [-0.05, 0) is 0 Å². The summed E-state index contributed by atoms with van der Waals surface area (Å²) < 4.78 is 0. The zero-order chi connectivity index (χ0) is 61.1. The molecule has 0 rings (SSSR count). The first-order chi connectivity index (χ1) is 35.1. The summed E-state index contributed by atoms with van der Waals surface area (Å²) in [6.45, 7) is 0. The zero-order valence-corrected chi connectivity index (χ0v) is 195. The molecule has 540 valence electrons. The molecule has 0 saturated carbocycles. The molecule has 0 saturated heterocycles. The molecule has 77 heavy (non-hydrogen) atoms. The molecule has 0 spiro atoms. The Morgan fingerprint density at radius 3 is 0.273 bits per heavy atom. The van der Waals surface area contributed by atoms with E-state index in [-0.39, 0.29) is 0 Å². The van der Waals surface area contributed by atoms with Crippen molar-refractivity contribution in [2.45, 2.75) is 0 Å². The molecule has 0 aliphatic heterocycles. The van der Waals surface area contributed by atoms with Crippen LogP contribution in [0.25, 0.3) is 0 Å². The van der Waals surface area contributed by atoms with Gasteiger partial charge in [-0.15, -0.1) is 0 Å². The van der Waals surface area contributed by atoms with Crippen LogP contribution in [0.5, 0.6) is 0 Å². The van der Waals surface area contributed by atoms with Gasteiger partial charge in [0, 0.05) is 0 Å². The minimum absolute atomic E-state index is 0.414. The quantitative estimate of drug-likeness (QED) is 0.0544. The van der Waals surface area contributed by atoms with Crippen LogP contribution in [-0.4, -0.2) is 0 Å². The van der Waals surface area contributed by atoms with E-state index in [0.29, 0.717) is 13.3 Å². The fourth-order valence-corrected chi connectivity index (χ4v) is 14900. The van der Waals surface area contributed by atoms with E-state index in [2.05, 4.69) is 726 Å². The van der Waals surface area contributed by atoms with Gasteiger partial charge in [0.25, 0.3) is 0 Å². The molecule has 0 bridgehead atoms. The van der Waals surface area contributed by atoms with Gasteiger partial charge >= 0.3 is 1030 Å². The molecule has 0 heterocycles. The Bertz CT molecular complexity index is 1520. The maximum absolute atomic E-state index is 3.45. The summed E-state index contributed by atoms with van der Waals surface area (Å²) in [6.07, 6.45) is 0. The van der Waals surface area contributed by atoms with Crippen molar-refractivity contribution in [3.8, 4) is 0 Å². The Hall–Kier alpha value is 56.2. The van der Waals surface area contributed by atoms with Gasteiger partial charge in [-0.25, -0.2) is 0 Å². The standard InChI is InChI=1S/I77/c1-40-42(4)44(6)46(8)48(10)50(12)52(14)54(16)56(18)58(20)60(22)62(24)64(26)66(28)68(30)70(32)72(34)74(36)76(38)77(39)75(37)73(35)71(33)69(31)67(29)65(27)63(25)61(23)59(21)57(19)55(17)53(15)51(13)49(11)47(9)45(7)43(5)41(2)3/q-1. The normalized spacial score (nSPS) is 19.0. The monoisotopic (exact) mass is 9770 g/mol. The summed E-state index contributed by atoms with van der Waals surface area (Å²) in [6, 6.07) is 0. The Morgan fingerprint density at radius 1 is 0.117 bits per heavy atom. The van der Waals surface area contributed by atoms with Crippen LogP contribution in [0.3, 0.4) is 0 Å². The molecule has 0 fully saturated rings. The van der Waals surface area contributed by atoms with E-state index in [1.54, 1.807) is 0 Å². The molecule has 0 aliphatic rings. The van der Waals surface area contributed by atoms with Crippen molar-refractivity contribution in [2.75, 3.05) is 0 Å². The van der Waals surface area contributed by atoms with Crippen molar-refractivity contribution in [2.24, 2.45) is 0 Å². The molecule has 0 radical (unpaired) electrons. The SMILES string of the molecule is I[I-]I(I)I(I)I(I)I(I)I(I)I(I)I(I)I(I)I(I)I(I)I(I)I(I)I(I)I(I)I(I)I(I)I(I)I(I)I(I)I(I)I(I)I(I)I(I)I(I)I(I)I(I)I(I)I(I)I(I)I(I)I(I)I(I)I(I)I(I)I(I)I(I)I(I)I. The second-order valence-electron chi connectivity index (χ2n) is 6.05. The molecule has 0 aromatic heterocycles. The molecule has 0 amide bonds. The van der Waals surface area contributed by atoms with Crippen molar-refractivity contribution in [3.05, 3.63) is 0 Å². The van der Waals surface area contributed by atoms with E-state index < -0.39 is 292 Å². The van der Waals surface area contributed by atoms with Crippen molar-refractivity contribution in [1.82, 2.24) is 0 Å². The van der Waals surface area contributed by atoms with E-state index in [0.717, 1.165) is 0 Å². The Labute approximate surface area is 969 Å². The third-order valence-corrected chi connectivity index (χ3v) is 6030. The summed E-state index contributed by atoms with van der Waals surface area (Å²) in [7, 11) is -21.5. The van der Waals surface area contributed by atoms with Crippen LogP contribution in [0.2, 0.25) is 0 Å². The van der Waals surface area contributed by atoms with Gasteiger partial charge < -0.3 is 0 Å². The summed E-state index contributed by atoms with van der Waals surface area (Å²) in [4.78, 5) is 0. The second kappa shape index (κ2) is 80.4. The maximum atomic E-state index is 3.45. The van der Waals surface area contributed by atoms with Gasteiger partial charge in [-0.2, -0.15) is 0 Å². The van der Waals surface area contributed by atoms with E-state index in [1.807, 2.05) is 0 Å². The van der Waals surface area contributed by atoms with E-state index in [1.165, 1.54) is 0 Å². The third kappa shape index (κ3) is 54.8. The van der Waals surface area contributed by atoms with Crippen LogP contribution in [0.15, 0.2) is 0 Å². The van der Waals surface area contributed by atoms with Crippen molar-refractivity contribution < 1.29 is 13.3 Å². The van der Waals surface area contributed by atoms with Crippen molar-refractivity contribution in [3.63, 3.8) is 0 Å². The van der Waals surface area contributed by atoms with Crippen LogP contribution >= 0.6 is 1020 Å². The fourth-order valence-electron chi connectivity index (χ4n) is 1.10. The average molecular weight is 9770 g/mol. The van der Waals surface area contributed by atoms with Gasteiger partial charge in [0.2, 0.25) is 0 Å².